The molecular formula is C19H19FN4O2. The van der Waals surface area contributed by atoms with E-state index < -0.39 is 0 Å². The zero-order valence-corrected chi connectivity index (χ0v) is 14.1. The van der Waals surface area contributed by atoms with Gasteiger partial charge in [0, 0.05) is 55.7 Å². The Labute approximate surface area is 150 Å². The predicted molar refractivity (Wildman–Crippen MR) is 92.5 cm³/mol. The molecule has 0 radical (unpaired) electrons. The molecule has 1 aliphatic rings. The van der Waals surface area contributed by atoms with E-state index in [4.69, 9.17) is 4.52 Å². The number of pyridine rings is 1. The van der Waals surface area contributed by atoms with Crippen LogP contribution in [0.15, 0.2) is 53.3 Å². The van der Waals surface area contributed by atoms with Crippen LogP contribution in [0.25, 0.3) is 11.4 Å². The molecule has 0 amide bonds. The number of likely N-dealkylation sites (tertiary alicyclic amines) is 1. The van der Waals surface area contributed by atoms with Gasteiger partial charge in [-0.1, -0.05) is 23.4 Å². The molecule has 1 aromatic carbocycles. The van der Waals surface area contributed by atoms with Crippen molar-refractivity contribution in [2.24, 2.45) is 5.92 Å². The van der Waals surface area contributed by atoms with E-state index >= 15 is 0 Å². The lowest BCUT2D eigenvalue weighted by atomic mass is 9.97. The molecule has 0 aliphatic carbocycles. The number of hydrogen-bond donors (Lipinski definition) is 1. The first-order valence-electron chi connectivity index (χ1n) is 8.55. The van der Waals surface area contributed by atoms with Gasteiger partial charge in [-0.25, -0.2) is 4.39 Å². The SMILES string of the molecule is OCC1CN(Cc2ccccc2F)CC1c1nc(-c2ccncc2)no1. The zero-order valence-electron chi connectivity index (χ0n) is 14.1. The maximum Gasteiger partial charge on any atom is 0.231 e. The van der Waals surface area contributed by atoms with Crippen molar-refractivity contribution in [2.75, 3.05) is 19.7 Å². The van der Waals surface area contributed by atoms with Crippen LogP contribution < -0.4 is 0 Å². The Morgan fingerprint density at radius 3 is 2.73 bits per heavy atom. The highest BCUT2D eigenvalue weighted by Crippen LogP contribution is 2.33. The monoisotopic (exact) mass is 354 g/mol. The molecule has 26 heavy (non-hydrogen) atoms. The summed E-state index contributed by atoms with van der Waals surface area (Å²) in [5.41, 5.74) is 1.48. The van der Waals surface area contributed by atoms with E-state index in [0.717, 1.165) is 5.56 Å². The first kappa shape index (κ1) is 16.8. The van der Waals surface area contributed by atoms with Crippen LogP contribution in [0.1, 0.15) is 17.4 Å². The molecule has 0 saturated carbocycles. The molecule has 1 saturated heterocycles. The van der Waals surface area contributed by atoms with Gasteiger partial charge in [-0.05, 0) is 18.2 Å². The fourth-order valence-electron chi connectivity index (χ4n) is 3.43. The summed E-state index contributed by atoms with van der Waals surface area (Å²) in [7, 11) is 0. The van der Waals surface area contributed by atoms with Crippen LogP contribution in [0, 0.1) is 11.7 Å². The van der Waals surface area contributed by atoms with Crippen LogP contribution >= 0.6 is 0 Å². The Kier molecular flexibility index (Phi) is 4.73. The minimum absolute atomic E-state index is 0.0193. The van der Waals surface area contributed by atoms with Gasteiger partial charge in [0.25, 0.3) is 0 Å². The summed E-state index contributed by atoms with van der Waals surface area (Å²) in [6, 6.07) is 10.4. The molecule has 0 bridgehead atoms. The summed E-state index contributed by atoms with van der Waals surface area (Å²) in [6.07, 6.45) is 3.35. The molecule has 4 rings (SSSR count). The van der Waals surface area contributed by atoms with E-state index in [1.54, 1.807) is 24.5 Å². The molecule has 2 unspecified atom stereocenters. The van der Waals surface area contributed by atoms with Crippen molar-refractivity contribution < 1.29 is 14.0 Å². The summed E-state index contributed by atoms with van der Waals surface area (Å²) in [4.78, 5) is 10.6. The largest absolute Gasteiger partial charge is 0.396 e. The third-order valence-corrected chi connectivity index (χ3v) is 4.80. The highest BCUT2D eigenvalue weighted by atomic mass is 19.1. The summed E-state index contributed by atoms with van der Waals surface area (Å²) in [5.74, 6) is 0.704. The maximum atomic E-state index is 13.9. The predicted octanol–water partition coefficient (Wildman–Crippen LogP) is 2.48. The lowest BCUT2D eigenvalue weighted by molar-refractivity contribution is 0.204. The number of aliphatic hydroxyl groups excluding tert-OH is 1. The molecule has 2 aromatic heterocycles. The standard InChI is InChI=1S/C19H19FN4O2/c20-17-4-2-1-3-14(17)9-24-10-15(12-25)16(11-24)19-22-18(23-26-19)13-5-7-21-8-6-13/h1-8,15-16,25H,9-12H2. The van der Waals surface area contributed by atoms with E-state index in [1.165, 1.54) is 6.07 Å². The van der Waals surface area contributed by atoms with E-state index in [-0.39, 0.29) is 24.3 Å². The highest BCUT2D eigenvalue weighted by Gasteiger charge is 2.37. The topological polar surface area (TPSA) is 75.3 Å². The Hall–Kier alpha value is -2.64. The second kappa shape index (κ2) is 7.31. The van der Waals surface area contributed by atoms with Gasteiger partial charge in [-0.2, -0.15) is 4.98 Å². The summed E-state index contributed by atoms with van der Waals surface area (Å²) in [5, 5.41) is 13.8. The average Bonchev–Trinajstić information content (AvgIpc) is 3.31. The third-order valence-electron chi connectivity index (χ3n) is 4.80. The van der Waals surface area contributed by atoms with E-state index in [9.17, 15) is 9.50 Å². The molecule has 0 spiro atoms. The van der Waals surface area contributed by atoms with Crippen LogP contribution in [-0.4, -0.2) is 44.8 Å². The summed E-state index contributed by atoms with van der Waals surface area (Å²) < 4.78 is 19.4. The first-order chi connectivity index (χ1) is 12.7. The van der Waals surface area contributed by atoms with Crippen molar-refractivity contribution in [3.8, 4) is 11.4 Å². The molecule has 1 aliphatic heterocycles. The van der Waals surface area contributed by atoms with Crippen molar-refractivity contribution in [3.63, 3.8) is 0 Å². The molecule has 3 aromatic rings. The van der Waals surface area contributed by atoms with Crippen molar-refractivity contribution in [1.29, 1.82) is 0 Å². The van der Waals surface area contributed by atoms with Gasteiger partial charge in [-0.15, -0.1) is 0 Å². The number of aromatic nitrogens is 3. The van der Waals surface area contributed by atoms with E-state index in [2.05, 4.69) is 20.0 Å². The molecule has 1 N–H and O–H groups in total. The number of hydrogen-bond acceptors (Lipinski definition) is 6. The number of aliphatic hydroxyl groups is 1. The molecule has 134 valence electrons. The van der Waals surface area contributed by atoms with E-state index in [1.807, 2.05) is 18.2 Å². The fourth-order valence-corrected chi connectivity index (χ4v) is 3.43. The quantitative estimate of drug-likeness (QED) is 0.759. The Bertz CT molecular complexity index is 871. The molecule has 3 heterocycles. The molecule has 1 fully saturated rings. The summed E-state index contributed by atoms with van der Waals surface area (Å²) in [6.45, 7) is 1.80. The van der Waals surface area contributed by atoms with Crippen molar-refractivity contribution >= 4 is 0 Å². The third kappa shape index (κ3) is 3.36. The maximum absolute atomic E-state index is 13.9. The van der Waals surface area contributed by atoms with Gasteiger partial charge in [0.15, 0.2) is 0 Å². The zero-order chi connectivity index (χ0) is 17.9. The second-order valence-corrected chi connectivity index (χ2v) is 6.53. The average molecular weight is 354 g/mol. The van der Waals surface area contributed by atoms with Gasteiger partial charge < -0.3 is 9.63 Å². The van der Waals surface area contributed by atoms with Crippen molar-refractivity contribution in [3.05, 3.63) is 66.1 Å². The Morgan fingerprint density at radius 2 is 1.96 bits per heavy atom. The van der Waals surface area contributed by atoms with Crippen LogP contribution in [-0.2, 0) is 6.54 Å². The lowest BCUT2D eigenvalue weighted by Crippen LogP contribution is -2.21. The van der Waals surface area contributed by atoms with Crippen LogP contribution in [0.4, 0.5) is 4.39 Å². The molecule has 6 nitrogen and oxygen atoms in total. The Morgan fingerprint density at radius 1 is 1.15 bits per heavy atom. The molecular weight excluding hydrogens is 335 g/mol. The van der Waals surface area contributed by atoms with Gasteiger partial charge in [0.05, 0.1) is 5.92 Å². The van der Waals surface area contributed by atoms with Gasteiger partial charge in [0.1, 0.15) is 5.82 Å². The van der Waals surface area contributed by atoms with Crippen LogP contribution in [0.3, 0.4) is 0 Å². The summed E-state index contributed by atoms with van der Waals surface area (Å²) >= 11 is 0. The van der Waals surface area contributed by atoms with E-state index in [0.29, 0.717) is 36.9 Å². The van der Waals surface area contributed by atoms with Crippen LogP contribution in [0.5, 0.6) is 0 Å². The number of nitrogens with zero attached hydrogens (tertiary/aromatic N) is 4. The highest BCUT2D eigenvalue weighted by molar-refractivity contribution is 5.52. The van der Waals surface area contributed by atoms with Crippen molar-refractivity contribution in [2.45, 2.75) is 12.5 Å². The molecule has 2 atom stereocenters. The van der Waals surface area contributed by atoms with Crippen LogP contribution in [0.2, 0.25) is 0 Å². The normalized spacial score (nSPS) is 20.5. The Balaban J connectivity index is 1.51. The second-order valence-electron chi connectivity index (χ2n) is 6.53. The smallest absolute Gasteiger partial charge is 0.231 e. The number of rotatable bonds is 5. The fraction of sp³-hybridized carbons (Fsp3) is 0.316. The van der Waals surface area contributed by atoms with Gasteiger partial charge in [-0.3, -0.25) is 9.88 Å². The first-order valence-corrected chi connectivity index (χ1v) is 8.55. The van der Waals surface area contributed by atoms with Crippen molar-refractivity contribution in [1.82, 2.24) is 20.0 Å². The lowest BCUT2D eigenvalue weighted by Gasteiger charge is -2.15. The number of halogens is 1. The van der Waals surface area contributed by atoms with Gasteiger partial charge >= 0.3 is 0 Å². The van der Waals surface area contributed by atoms with Gasteiger partial charge in [0.2, 0.25) is 11.7 Å². The minimum Gasteiger partial charge on any atom is -0.396 e. The minimum atomic E-state index is -0.214. The number of benzene rings is 1. The molecule has 7 heteroatoms.